The second-order valence-electron chi connectivity index (χ2n) is 5.31. The van der Waals surface area contributed by atoms with Gasteiger partial charge in [0.2, 0.25) is 0 Å². The highest BCUT2D eigenvalue weighted by molar-refractivity contribution is 6.30. The monoisotopic (exact) mass is 306 g/mol. The number of nitrogens with two attached hydrogens (primary N) is 1. The van der Waals surface area contributed by atoms with Gasteiger partial charge < -0.3 is 10.6 Å². The maximum atomic E-state index is 14.3. The number of hydrogen-bond donors (Lipinski definition) is 1. The topological polar surface area (TPSA) is 29.3 Å². The van der Waals surface area contributed by atoms with Gasteiger partial charge in [0, 0.05) is 18.1 Å². The fourth-order valence-corrected chi connectivity index (χ4v) is 2.65. The Hall–Kier alpha value is -1.58. The zero-order chi connectivity index (χ0) is 15.6. The van der Waals surface area contributed by atoms with E-state index < -0.39 is 0 Å². The van der Waals surface area contributed by atoms with E-state index in [-0.39, 0.29) is 17.9 Å². The molecule has 21 heavy (non-hydrogen) atoms. The molecule has 0 aromatic heterocycles. The minimum absolute atomic E-state index is 0.0156. The summed E-state index contributed by atoms with van der Waals surface area (Å²) in [7, 11) is 1.87. The van der Waals surface area contributed by atoms with Crippen LogP contribution in [0, 0.1) is 5.82 Å². The first-order valence-corrected chi connectivity index (χ1v) is 7.32. The third-order valence-electron chi connectivity index (χ3n) is 3.77. The molecule has 2 rings (SSSR count). The summed E-state index contributed by atoms with van der Waals surface area (Å²) in [5.74, 6) is -0.263. The van der Waals surface area contributed by atoms with Crippen LogP contribution in [0.5, 0.6) is 0 Å². The minimum atomic E-state index is -0.263. The number of rotatable bonds is 4. The Morgan fingerprint density at radius 2 is 1.81 bits per heavy atom. The molecule has 2 aromatic rings. The Balaban J connectivity index is 2.42. The second kappa shape index (κ2) is 6.46. The van der Waals surface area contributed by atoms with Crippen LogP contribution in [0.3, 0.4) is 0 Å². The minimum Gasteiger partial charge on any atom is -0.365 e. The van der Waals surface area contributed by atoms with E-state index in [4.69, 9.17) is 17.3 Å². The molecule has 4 heteroatoms. The van der Waals surface area contributed by atoms with Crippen molar-refractivity contribution in [3.05, 3.63) is 64.4 Å². The van der Waals surface area contributed by atoms with E-state index in [1.807, 2.05) is 56.1 Å². The van der Waals surface area contributed by atoms with Crippen molar-refractivity contribution in [1.29, 1.82) is 0 Å². The van der Waals surface area contributed by atoms with Gasteiger partial charge in [0.05, 0.1) is 11.7 Å². The number of anilines is 1. The molecule has 0 heterocycles. The van der Waals surface area contributed by atoms with E-state index >= 15 is 0 Å². The van der Waals surface area contributed by atoms with E-state index in [0.717, 1.165) is 11.1 Å². The van der Waals surface area contributed by atoms with Gasteiger partial charge in [-0.1, -0.05) is 35.9 Å². The van der Waals surface area contributed by atoms with E-state index in [9.17, 15) is 4.39 Å². The highest BCUT2D eigenvalue weighted by atomic mass is 35.5. The SMILES string of the molecule is CC(c1cccc(Cl)c1)N(C)c1c(F)cccc1[C@@H](C)N. The molecule has 0 saturated carbocycles. The van der Waals surface area contributed by atoms with Gasteiger partial charge in [0.25, 0.3) is 0 Å². The fraction of sp³-hybridized carbons (Fsp3) is 0.294. The van der Waals surface area contributed by atoms with Crippen molar-refractivity contribution in [3.8, 4) is 0 Å². The van der Waals surface area contributed by atoms with Gasteiger partial charge in [-0.2, -0.15) is 0 Å². The first-order chi connectivity index (χ1) is 9.91. The molecule has 0 aliphatic rings. The van der Waals surface area contributed by atoms with Crippen LogP contribution in [0.2, 0.25) is 5.02 Å². The van der Waals surface area contributed by atoms with Crippen molar-refractivity contribution in [2.45, 2.75) is 25.9 Å². The van der Waals surface area contributed by atoms with Crippen LogP contribution in [0.4, 0.5) is 10.1 Å². The van der Waals surface area contributed by atoms with Crippen molar-refractivity contribution in [3.63, 3.8) is 0 Å². The van der Waals surface area contributed by atoms with Gasteiger partial charge in [-0.3, -0.25) is 0 Å². The molecule has 2 nitrogen and oxygen atoms in total. The lowest BCUT2D eigenvalue weighted by Crippen LogP contribution is -2.25. The zero-order valence-electron chi connectivity index (χ0n) is 12.5. The Morgan fingerprint density at radius 1 is 1.14 bits per heavy atom. The first kappa shape index (κ1) is 15.8. The summed E-state index contributed by atoms with van der Waals surface area (Å²) in [5.41, 5.74) is 8.34. The molecule has 0 aliphatic carbocycles. The molecular weight excluding hydrogens is 287 g/mol. The summed E-state index contributed by atoms with van der Waals surface area (Å²) in [5, 5.41) is 0.675. The molecule has 2 aromatic carbocycles. The molecule has 0 radical (unpaired) electrons. The fourth-order valence-electron chi connectivity index (χ4n) is 2.46. The van der Waals surface area contributed by atoms with Gasteiger partial charge in [0.1, 0.15) is 5.82 Å². The molecule has 2 N–H and O–H groups in total. The lowest BCUT2D eigenvalue weighted by Gasteiger charge is -2.30. The summed E-state index contributed by atoms with van der Waals surface area (Å²) in [6.07, 6.45) is 0. The number of para-hydroxylation sites is 1. The van der Waals surface area contributed by atoms with Gasteiger partial charge >= 0.3 is 0 Å². The van der Waals surface area contributed by atoms with Crippen LogP contribution >= 0.6 is 11.6 Å². The number of halogens is 2. The first-order valence-electron chi connectivity index (χ1n) is 6.94. The predicted molar refractivity (Wildman–Crippen MR) is 87.3 cm³/mol. The second-order valence-corrected chi connectivity index (χ2v) is 5.74. The van der Waals surface area contributed by atoms with Crippen molar-refractivity contribution >= 4 is 17.3 Å². The summed E-state index contributed by atoms with van der Waals surface area (Å²) in [6, 6.07) is 12.4. The van der Waals surface area contributed by atoms with Crippen molar-refractivity contribution < 1.29 is 4.39 Å². The number of hydrogen-bond acceptors (Lipinski definition) is 2. The van der Waals surface area contributed by atoms with Crippen LogP contribution < -0.4 is 10.6 Å². The summed E-state index contributed by atoms with van der Waals surface area (Å²) in [6.45, 7) is 3.87. The molecular formula is C17H20ClFN2. The molecule has 0 fully saturated rings. The smallest absolute Gasteiger partial charge is 0.146 e. The summed E-state index contributed by atoms with van der Waals surface area (Å²) < 4.78 is 14.3. The lowest BCUT2D eigenvalue weighted by atomic mass is 10.0. The van der Waals surface area contributed by atoms with Crippen LogP contribution in [0.1, 0.15) is 37.1 Å². The Bertz CT molecular complexity index is 628. The molecule has 0 aliphatic heterocycles. The number of nitrogens with zero attached hydrogens (tertiary/aromatic N) is 1. The average Bonchev–Trinajstić information content (AvgIpc) is 2.45. The summed E-state index contributed by atoms with van der Waals surface area (Å²) in [4.78, 5) is 1.90. The molecule has 0 saturated heterocycles. The normalized spacial score (nSPS) is 13.8. The van der Waals surface area contributed by atoms with Crippen LogP contribution in [-0.4, -0.2) is 7.05 Å². The van der Waals surface area contributed by atoms with Crippen LogP contribution in [-0.2, 0) is 0 Å². The Kier molecular flexibility index (Phi) is 4.86. The molecule has 0 spiro atoms. The third-order valence-corrected chi connectivity index (χ3v) is 4.01. The van der Waals surface area contributed by atoms with E-state index in [1.54, 1.807) is 6.07 Å². The van der Waals surface area contributed by atoms with Gasteiger partial charge in [-0.15, -0.1) is 0 Å². The van der Waals surface area contributed by atoms with E-state index in [2.05, 4.69) is 0 Å². The average molecular weight is 307 g/mol. The highest BCUT2D eigenvalue weighted by Crippen LogP contribution is 2.33. The van der Waals surface area contributed by atoms with Crippen molar-refractivity contribution in [2.75, 3.05) is 11.9 Å². The van der Waals surface area contributed by atoms with Crippen LogP contribution in [0.25, 0.3) is 0 Å². The summed E-state index contributed by atoms with van der Waals surface area (Å²) >= 11 is 6.04. The highest BCUT2D eigenvalue weighted by Gasteiger charge is 2.20. The lowest BCUT2D eigenvalue weighted by molar-refractivity contribution is 0.604. The maximum Gasteiger partial charge on any atom is 0.146 e. The Morgan fingerprint density at radius 3 is 2.43 bits per heavy atom. The quantitative estimate of drug-likeness (QED) is 0.887. The molecule has 2 atom stereocenters. The molecule has 0 bridgehead atoms. The predicted octanol–water partition coefficient (Wildman–Crippen LogP) is 4.70. The van der Waals surface area contributed by atoms with Gasteiger partial charge in [-0.25, -0.2) is 4.39 Å². The zero-order valence-corrected chi connectivity index (χ0v) is 13.2. The van der Waals surface area contributed by atoms with Crippen molar-refractivity contribution in [2.24, 2.45) is 5.73 Å². The van der Waals surface area contributed by atoms with E-state index in [1.165, 1.54) is 6.07 Å². The standard InChI is InChI=1S/C17H20ClFN2/c1-11(20)15-8-5-9-16(19)17(15)21(3)12(2)13-6-4-7-14(18)10-13/h4-12H,20H2,1-3H3/t11-,12?/m1/s1. The van der Waals surface area contributed by atoms with Crippen molar-refractivity contribution in [1.82, 2.24) is 0 Å². The Labute approximate surface area is 130 Å². The van der Waals surface area contributed by atoms with Gasteiger partial charge in [0.15, 0.2) is 0 Å². The van der Waals surface area contributed by atoms with Crippen LogP contribution in [0.15, 0.2) is 42.5 Å². The van der Waals surface area contributed by atoms with E-state index in [0.29, 0.717) is 10.7 Å². The van der Waals surface area contributed by atoms with Gasteiger partial charge in [-0.05, 0) is 43.2 Å². The molecule has 0 amide bonds. The third kappa shape index (κ3) is 3.36. The maximum absolute atomic E-state index is 14.3. The molecule has 112 valence electrons. The number of benzene rings is 2. The largest absolute Gasteiger partial charge is 0.365 e. The molecule has 1 unspecified atom stereocenters.